The summed E-state index contributed by atoms with van der Waals surface area (Å²) in [6.07, 6.45) is 0. The molecule has 2 aromatic carbocycles. The van der Waals surface area contributed by atoms with Gasteiger partial charge in [-0.25, -0.2) is 4.79 Å². The summed E-state index contributed by atoms with van der Waals surface area (Å²) in [6.45, 7) is 2.24. The number of hydrogen-bond donors (Lipinski definition) is 1. The normalized spacial score (nSPS) is 15.3. The van der Waals surface area contributed by atoms with E-state index in [4.69, 9.17) is 16.3 Å². The molecule has 0 unspecified atom stereocenters. The number of halogens is 1. The minimum Gasteiger partial charge on any atom is -0.378 e. The van der Waals surface area contributed by atoms with Crippen LogP contribution in [-0.2, 0) is 4.74 Å². The molecule has 1 N–H and O–H groups in total. The van der Waals surface area contributed by atoms with Crippen LogP contribution in [0.3, 0.4) is 0 Å². The van der Waals surface area contributed by atoms with Gasteiger partial charge in [0.05, 0.1) is 25.2 Å². The number of nitriles is 1. The molecule has 5 nitrogen and oxygen atoms in total. The number of ether oxygens (including phenoxy) is 1. The molecule has 0 radical (unpaired) electrons. The Morgan fingerprint density at radius 2 is 1.92 bits per heavy atom. The zero-order chi connectivity index (χ0) is 17.6. The van der Waals surface area contributed by atoms with Crippen molar-refractivity contribution < 1.29 is 9.53 Å². The SMILES string of the molecule is N#C[C@@H](c1ccccc1)c1ccc(NC(=O)N2CCOCC2)cc1Cl. The second kappa shape index (κ2) is 8.02. The van der Waals surface area contributed by atoms with Crippen LogP contribution in [0.2, 0.25) is 5.02 Å². The number of nitrogens with one attached hydrogen (secondary N) is 1. The molecule has 1 aliphatic heterocycles. The van der Waals surface area contributed by atoms with Crippen molar-refractivity contribution >= 4 is 23.3 Å². The largest absolute Gasteiger partial charge is 0.378 e. The summed E-state index contributed by atoms with van der Waals surface area (Å²) >= 11 is 6.39. The van der Waals surface area contributed by atoms with Crippen LogP contribution in [0.25, 0.3) is 0 Å². The molecule has 25 heavy (non-hydrogen) atoms. The van der Waals surface area contributed by atoms with Gasteiger partial charge in [-0.2, -0.15) is 5.26 Å². The van der Waals surface area contributed by atoms with Crippen molar-refractivity contribution in [1.29, 1.82) is 5.26 Å². The molecule has 0 aliphatic carbocycles. The van der Waals surface area contributed by atoms with Gasteiger partial charge in [-0.05, 0) is 23.3 Å². The lowest BCUT2D eigenvalue weighted by molar-refractivity contribution is 0.0564. The molecule has 3 rings (SSSR count). The number of morpholine rings is 1. The van der Waals surface area contributed by atoms with Gasteiger partial charge in [0.25, 0.3) is 0 Å². The van der Waals surface area contributed by atoms with Crippen molar-refractivity contribution in [3.8, 4) is 6.07 Å². The highest BCUT2D eigenvalue weighted by molar-refractivity contribution is 6.31. The predicted octanol–water partition coefficient (Wildman–Crippen LogP) is 3.86. The van der Waals surface area contributed by atoms with Crippen LogP contribution in [0.1, 0.15) is 17.0 Å². The van der Waals surface area contributed by atoms with Crippen molar-refractivity contribution in [2.45, 2.75) is 5.92 Å². The van der Waals surface area contributed by atoms with Gasteiger partial charge in [-0.1, -0.05) is 48.0 Å². The summed E-state index contributed by atoms with van der Waals surface area (Å²) in [4.78, 5) is 13.9. The van der Waals surface area contributed by atoms with Gasteiger partial charge in [0, 0.05) is 23.8 Å². The van der Waals surface area contributed by atoms with E-state index in [1.165, 1.54) is 0 Å². The number of rotatable bonds is 3. The first-order valence-corrected chi connectivity index (χ1v) is 8.44. The number of carbonyl (C=O) groups is 1. The van der Waals surface area contributed by atoms with Gasteiger partial charge >= 0.3 is 6.03 Å². The lowest BCUT2D eigenvalue weighted by Crippen LogP contribution is -2.43. The van der Waals surface area contributed by atoms with Crippen LogP contribution in [0.4, 0.5) is 10.5 Å². The molecule has 2 amide bonds. The standard InChI is InChI=1S/C19H18ClN3O2/c20-18-12-15(22-19(24)23-8-10-25-11-9-23)6-7-16(18)17(13-21)14-4-2-1-3-5-14/h1-7,12,17H,8-11H2,(H,22,24)/t17-/m0/s1. The highest BCUT2D eigenvalue weighted by Crippen LogP contribution is 2.31. The Morgan fingerprint density at radius 1 is 1.20 bits per heavy atom. The molecule has 0 aromatic heterocycles. The predicted molar refractivity (Wildman–Crippen MR) is 96.8 cm³/mol. The van der Waals surface area contributed by atoms with E-state index in [1.807, 2.05) is 30.3 Å². The number of amides is 2. The van der Waals surface area contributed by atoms with E-state index in [0.717, 1.165) is 11.1 Å². The maximum absolute atomic E-state index is 12.2. The van der Waals surface area contributed by atoms with E-state index in [1.54, 1.807) is 23.1 Å². The molecule has 1 heterocycles. The van der Waals surface area contributed by atoms with Crippen molar-refractivity contribution in [3.05, 3.63) is 64.7 Å². The van der Waals surface area contributed by atoms with Crippen molar-refractivity contribution in [1.82, 2.24) is 4.90 Å². The Bertz CT molecular complexity index is 783. The minimum atomic E-state index is -0.447. The minimum absolute atomic E-state index is 0.174. The van der Waals surface area contributed by atoms with E-state index < -0.39 is 5.92 Å². The van der Waals surface area contributed by atoms with Crippen LogP contribution in [-0.4, -0.2) is 37.2 Å². The zero-order valence-corrected chi connectivity index (χ0v) is 14.4. The van der Waals surface area contributed by atoms with Gasteiger partial charge in [-0.15, -0.1) is 0 Å². The Morgan fingerprint density at radius 3 is 2.56 bits per heavy atom. The summed E-state index contributed by atoms with van der Waals surface area (Å²) in [5, 5.41) is 12.8. The molecule has 1 aliphatic rings. The summed E-state index contributed by atoms with van der Waals surface area (Å²) in [5.41, 5.74) is 2.21. The van der Waals surface area contributed by atoms with Crippen LogP contribution < -0.4 is 5.32 Å². The average Bonchev–Trinajstić information content (AvgIpc) is 2.65. The van der Waals surface area contributed by atoms with Crippen LogP contribution >= 0.6 is 11.6 Å². The Labute approximate surface area is 151 Å². The van der Waals surface area contributed by atoms with E-state index in [2.05, 4.69) is 11.4 Å². The molecule has 1 atom stereocenters. The van der Waals surface area contributed by atoms with Crippen LogP contribution in [0.5, 0.6) is 0 Å². The number of benzene rings is 2. The summed E-state index contributed by atoms with van der Waals surface area (Å²) < 4.78 is 5.24. The molecule has 0 saturated carbocycles. The molecule has 0 spiro atoms. The number of anilines is 1. The third kappa shape index (κ3) is 4.11. The Balaban J connectivity index is 1.76. The van der Waals surface area contributed by atoms with Crippen LogP contribution in [0.15, 0.2) is 48.5 Å². The lowest BCUT2D eigenvalue weighted by Gasteiger charge is -2.27. The quantitative estimate of drug-likeness (QED) is 0.909. The summed E-state index contributed by atoms with van der Waals surface area (Å²) in [5.74, 6) is -0.447. The smallest absolute Gasteiger partial charge is 0.322 e. The topological polar surface area (TPSA) is 65.4 Å². The van der Waals surface area contributed by atoms with E-state index in [-0.39, 0.29) is 6.03 Å². The first-order valence-electron chi connectivity index (χ1n) is 8.06. The number of nitrogens with zero attached hydrogens (tertiary/aromatic N) is 2. The number of hydrogen-bond acceptors (Lipinski definition) is 3. The van der Waals surface area contributed by atoms with Gasteiger partial charge in [0.15, 0.2) is 0 Å². The van der Waals surface area contributed by atoms with E-state index in [0.29, 0.717) is 37.0 Å². The Kier molecular flexibility index (Phi) is 5.54. The summed E-state index contributed by atoms with van der Waals surface area (Å²) in [7, 11) is 0. The van der Waals surface area contributed by atoms with Gasteiger partial charge in [0.1, 0.15) is 0 Å². The van der Waals surface area contributed by atoms with Crippen molar-refractivity contribution in [3.63, 3.8) is 0 Å². The number of carbonyl (C=O) groups excluding carboxylic acids is 1. The second-order valence-corrected chi connectivity index (χ2v) is 6.15. The van der Waals surface area contributed by atoms with Gasteiger partial charge < -0.3 is 15.0 Å². The third-order valence-electron chi connectivity index (χ3n) is 4.12. The fraction of sp³-hybridized carbons (Fsp3) is 0.263. The molecule has 6 heteroatoms. The molecular formula is C19H18ClN3O2. The molecular weight excluding hydrogens is 338 g/mol. The molecule has 0 bridgehead atoms. The zero-order valence-electron chi connectivity index (χ0n) is 13.6. The third-order valence-corrected chi connectivity index (χ3v) is 4.45. The number of urea groups is 1. The van der Waals surface area contributed by atoms with Crippen LogP contribution in [0, 0.1) is 11.3 Å². The van der Waals surface area contributed by atoms with E-state index in [9.17, 15) is 10.1 Å². The second-order valence-electron chi connectivity index (χ2n) is 5.74. The fourth-order valence-corrected chi connectivity index (χ4v) is 3.07. The van der Waals surface area contributed by atoms with Crippen molar-refractivity contribution in [2.24, 2.45) is 0 Å². The molecule has 128 valence electrons. The first kappa shape index (κ1) is 17.3. The molecule has 1 fully saturated rings. The highest BCUT2D eigenvalue weighted by atomic mass is 35.5. The van der Waals surface area contributed by atoms with E-state index >= 15 is 0 Å². The molecule has 2 aromatic rings. The molecule has 1 saturated heterocycles. The Hall–Kier alpha value is -2.55. The maximum atomic E-state index is 12.2. The summed E-state index contributed by atoms with van der Waals surface area (Å²) in [6, 6.07) is 16.9. The first-order chi connectivity index (χ1) is 12.2. The average molecular weight is 356 g/mol. The van der Waals surface area contributed by atoms with Crippen molar-refractivity contribution in [2.75, 3.05) is 31.6 Å². The fourth-order valence-electron chi connectivity index (χ4n) is 2.78. The van der Waals surface area contributed by atoms with Gasteiger partial charge in [-0.3, -0.25) is 0 Å². The van der Waals surface area contributed by atoms with Gasteiger partial charge in [0.2, 0.25) is 0 Å². The lowest BCUT2D eigenvalue weighted by atomic mass is 9.92. The monoisotopic (exact) mass is 355 g/mol. The highest BCUT2D eigenvalue weighted by Gasteiger charge is 2.19. The maximum Gasteiger partial charge on any atom is 0.322 e.